The van der Waals surface area contributed by atoms with Gasteiger partial charge in [0.05, 0.1) is 47.1 Å². The van der Waals surface area contributed by atoms with Crippen LogP contribution in [0.3, 0.4) is 0 Å². The van der Waals surface area contributed by atoms with Gasteiger partial charge >= 0.3 is 0 Å². The molecule has 4 heterocycles. The molecule has 0 saturated carbocycles. The number of hydrogen-bond acceptors (Lipinski definition) is 7. The monoisotopic (exact) mass is 617 g/mol. The van der Waals surface area contributed by atoms with Crippen LogP contribution in [-0.2, 0) is 11.4 Å². The van der Waals surface area contributed by atoms with Crippen molar-refractivity contribution < 1.29 is 32.3 Å². The summed E-state index contributed by atoms with van der Waals surface area (Å²) in [5.41, 5.74) is -1.70. The van der Waals surface area contributed by atoms with E-state index in [9.17, 15) is 32.3 Å². The molecule has 0 radical (unpaired) electrons. The number of aromatic nitrogens is 5. The smallest absolute Gasteiger partial charge is 0.276 e. The van der Waals surface area contributed by atoms with Crippen molar-refractivity contribution >= 4 is 34.9 Å². The minimum absolute atomic E-state index is 0.0416. The Hall–Kier alpha value is -4.43. The fraction of sp³-hybridized carbons (Fsp3) is 0.286. The summed E-state index contributed by atoms with van der Waals surface area (Å²) >= 11 is 5.80. The van der Waals surface area contributed by atoms with E-state index < -0.39 is 58.5 Å². The number of benzene rings is 1. The van der Waals surface area contributed by atoms with Crippen LogP contribution < -0.4 is 10.2 Å². The van der Waals surface area contributed by atoms with Crippen LogP contribution >= 0.6 is 11.6 Å². The number of carbonyl (C=O) groups is 2. The number of anilines is 2. The summed E-state index contributed by atoms with van der Waals surface area (Å²) in [5, 5.41) is 16.0. The summed E-state index contributed by atoms with van der Waals surface area (Å²) in [4.78, 5) is 38.9. The topological polar surface area (TPSA) is 126 Å². The number of alkyl halides is 2. The zero-order chi connectivity index (χ0) is 31.0. The van der Waals surface area contributed by atoms with Crippen molar-refractivity contribution in [3.8, 4) is 11.3 Å². The first-order chi connectivity index (χ1) is 20.5. The molecular weight excluding hydrogens is 594 g/mol. The minimum Gasteiger partial charge on any atom is -0.390 e. The van der Waals surface area contributed by atoms with Crippen LogP contribution in [0, 0.1) is 17.6 Å². The van der Waals surface area contributed by atoms with Crippen LogP contribution in [0.1, 0.15) is 60.0 Å². The summed E-state index contributed by atoms with van der Waals surface area (Å²) in [5.74, 6) is -3.13. The van der Waals surface area contributed by atoms with Crippen molar-refractivity contribution in [2.45, 2.75) is 39.3 Å². The van der Waals surface area contributed by atoms with Gasteiger partial charge in [-0.3, -0.25) is 24.2 Å². The molecule has 4 aromatic rings. The summed E-state index contributed by atoms with van der Waals surface area (Å²) in [6, 6.07) is 2.66. The third-order valence-corrected chi connectivity index (χ3v) is 7.43. The highest BCUT2D eigenvalue weighted by Gasteiger charge is 2.32. The predicted molar refractivity (Wildman–Crippen MR) is 148 cm³/mol. The number of rotatable bonds is 8. The van der Waals surface area contributed by atoms with Gasteiger partial charge in [0.1, 0.15) is 0 Å². The first-order valence-corrected chi connectivity index (χ1v) is 13.4. The normalized spacial score (nSPS) is 15.8. The lowest BCUT2D eigenvalue weighted by atomic mass is 10.0. The van der Waals surface area contributed by atoms with Gasteiger partial charge in [0.15, 0.2) is 23.1 Å². The number of hydrogen-bond donors (Lipinski definition) is 2. The average molecular weight is 618 g/mol. The maximum absolute atomic E-state index is 14.9. The molecule has 10 nitrogen and oxygen atoms in total. The molecule has 15 heteroatoms. The van der Waals surface area contributed by atoms with Crippen molar-refractivity contribution in [2.75, 3.05) is 16.8 Å². The van der Waals surface area contributed by atoms with Gasteiger partial charge in [0, 0.05) is 36.0 Å². The summed E-state index contributed by atoms with van der Waals surface area (Å²) in [7, 11) is 0. The molecule has 1 aliphatic heterocycles. The number of nitrogens with zero attached hydrogens (tertiary/aromatic N) is 6. The largest absolute Gasteiger partial charge is 0.390 e. The van der Waals surface area contributed by atoms with Crippen molar-refractivity contribution in [3.63, 3.8) is 0 Å². The maximum atomic E-state index is 14.9. The molecule has 224 valence electrons. The van der Waals surface area contributed by atoms with E-state index in [4.69, 9.17) is 11.6 Å². The quantitative estimate of drug-likeness (QED) is 0.256. The van der Waals surface area contributed by atoms with E-state index in [2.05, 4.69) is 25.4 Å². The molecule has 5 rings (SSSR count). The zero-order valence-electron chi connectivity index (χ0n) is 22.7. The molecule has 2 amide bonds. The van der Waals surface area contributed by atoms with Gasteiger partial charge in [-0.15, -0.1) is 0 Å². The Balaban J connectivity index is 1.37. The van der Waals surface area contributed by atoms with Gasteiger partial charge in [0.25, 0.3) is 12.3 Å². The molecule has 1 unspecified atom stereocenters. The zero-order valence-corrected chi connectivity index (χ0v) is 23.5. The molecule has 2 N–H and O–H groups in total. The number of nitrogens with one attached hydrogen (secondary N) is 1. The number of carbonyl (C=O) groups excluding carboxylic acids is 2. The average Bonchev–Trinajstić information content (AvgIpc) is 3.59. The standard InChI is InChI=1S/C28H24ClF4N7O3/c1-13-5-6-39(28(13)43)26-19(30)7-15(8-35-26)14(2)40-11-16(9-36-40)37-27(42)24-21(12-41)34-10-20(38-24)22-17(25(32)33)3-4-18(29)23(22)31/h3-4,7-11,13-14,25,41H,5-6,12H2,1-2H3,(H,37,42)/t13-,14?/m1/s1. The SMILES string of the molecule is CC(c1cnc(N2CC[C@@H](C)C2=O)c(F)c1)n1cc(NC(=O)c2nc(-c3c(C(F)F)ccc(Cl)c3F)cnc2CO)cn1. The number of halogens is 5. The third-order valence-electron chi connectivity index (χ3n) is 7.14. The third kappa shape index (κ3) is 5.79. The number of pyridine rings is 1. The lowest BCUT2D eigenvalue weighted by molar-refractivity contribution is -0.119. The molecule has 43 heavy (non-hydrogen) atoms. The second kappa shape index (κ2) is 12.1. The predicted octanol–water partition coefficient (Wildman–Crippen LogP) is 5.33. The van der Waals surface area contributed by atoms with Crippen molar-refractivity contribution in [2.24, 2.45) is 5.92 Å². The second-order valence-electron chi connectivity index (χ2n) is 9.93. The van der Waals surface area contributed by atoms with E-state index in [0.29, 0.717) is 18.5 Å². The van der Waals surface area contributed by atoms with Crippen molar-refractivity contribution in [3.05, 3.63) is 82.2 Å². The Morgan fingerprint density at radius 3 is 2.63 bits per heavy atom. The van der Waals surface area contributed by atoms with E-state index in [0.717, 1.165) is 18.3 Å². The fourth-order valence-corrected chi connectivity index (χ4v) is 4.86. The molecular formula is C28H24ClF4N7O3. The molecule has 1 fully saturated rings. The van der Waals surface area contributed by atoms with Crippen LogP contribution in [-0.4, -0.2) is 48.2 Å². The highest BCUT2D eigenvalue weighted by molar-refractivity contribution is 6.31. The van der Waals surface area contributed by atoms with Gasteiger partial charge in [0.2, 0.25) is 5.91 Å². The molecule has 1 saturated heterocycles. The lowest BCUT2D eigenvalue weighted by Crippen LogP contribution is -2.28. The van der Waals surface area contributed by atoms with Crippen LogP contribution in [0.5, 0.6) is 0 Å². The van der Waals surface area contributed by atoms with Crippen molar-refractivity contribution in [1.82, 2.24) is 24.7 Å². The van der Waals surface area contributed by atoms with Gasteiger partial charge in [-0.05, 0) is 31.0 Å². The van der Waals surface area contributed by atoms with Gasteiger partial charge < -0.3 is 10.4 Å². The Bertz CT molecular complexity index is 1720. The highest BCUT2D eigenvalue weighted by Crippen LogP contribution is 2.36. The molecule has 0 spiro atoms. The molecule has 0 bridgehead atoms. The first kappa shape index (κ1) is 30.0. The van der Waals surface area contributed by atoms with E-state index in [-0.39, 0.29) is 34.7 Å². The first-order valence-electron chi connectivity index (χ1n) is 13.1. The van der Waals surface area contributed by atoms with Crippen molar-refractivity contribution in [1.29, 1.82) is 0 Å². The Kier molecular flexibility index (Phi) is 8.42. The van der Waals surface area contributed by atoms with Crippen LogP contribution in [0.4, 0.5) is 29.1 Å². The second-order valence-corrected chi connectivity index (χ2v) is 10.3. The molecule has 1 aromatic carbocycles. The van der Waals surface area contributed by atoms with E-state index in [1.165, 1.54) is 34.2 Å². The Morgan fingerprint density at radius 1 is 1.21 bits per heavy atom. The number of aliphatic hydroxyl groups excluding tert-OH is 1. The summed E-state index contributed by atoms with van der Waals surface area (Å²) < 4.78 is 58.4. The molecule has 3 aromatic heterocycles. The minimum atomic E-state index is -3.07. The van der Waals surface area contributed by atoms with Crippen LogP contribution in [0.15, 0.2) is 43.0 Å². The molecule has 1 aliphatic rings. The van der Waals surface area contributed by atoms with Gasteiger partial charge in [-0.25, -0.2) is 27.5 Å². The molecule has 0 aliphatic carbocycles. The fourth-order valence-electron chi connectivity index (χ4n) is 4.70. The van der Waals surface area contributed by atoms with Gasteiger partial charge in [-0.1, -0.05) is 24.6 Å². The Morgan fingerprint density at radius 2 is 1.98 bits per heavy atom. The summed E-state index contributed by atoms with van der Waals surface area (Å²) in [6.07, 6.45) is 2.69. The number of amides is 2. The van der Waals surface area contributed by atoms with E-state index in [1.54, 1.807) is 13.8 Å². The Labute approximate surface area is 247 Å². The molecule has 2 atom stereocenters. The highest BCUT2D eigenvalue weighted by atomic mass is 35.5. The maximum Gasteiger partial charge on any atom is 0.276 e. The van der Waals surface area contributed by atoms with Crippen LogP contribution in [0.25, 0.3) is 11.3 Å². The van der Waals surface area contributed by atoms with Gasteiger partial charge in [-0.2, -0.15) is 5.10 Å². The summed E-state index contributed by atoms with van der Waals surface area (Å²) in [6.45, 7) is 3.16. The van der Waals surface area contributed by atoms with E-state index >= 15 is 0 Å². The number of aliphatic hydroxyl groups is 1. The lowest BCUT2D eigenvalue weighted by Gasteiger charge is -2.18. The van der Waals surface area contributed by atoms with Crippen LogP contribution in [0.2, 0.25) is 5.02 Å². The van der Waals surface area contributed by atoms with E-state index in [1.807, 2.05) is 0 Å².